The molecule has 0 atom stereocenters. The van der Waals surface area contributed by atoms with Crippen LogP contribution in [0.3, 0.4) is 0 Å². The van der Waals surface area contributed by atoms with E-state index in [-0.39, 0.29) is 5.69 Å². The summed E-state index contributed by atoms with van der Waals surface area (Å²) in [6.45, 7) is 4.77. The van der Waals surface area contributed by atoms with Crippen LogP contribution < -0.4 is 10.6 Å². The van der Waals surface area contributed by atoms with Gasteiger partial charge in [-0.15, -0.1) is 11.8 Å². The number of H-pyrrole nitrogens is 1. The molecule has 3 N–H and O–H groups in total. The quantitative estimate of drug-likeness (QED) is 0.248. The summed E-state index contributed by atoms with van der Waals surface area (Å²) >= 11 is 1.76. The van der Waals surface area contributed by atoms with Crippen LogP contribution in [0.4, 0.5) is 24.5 Å². The topological polar surface area (TPSA) is 69.8 Å². The van der Waals surface area contributed by atoms with Gasteiger partial charge in [-0.3, -0.25) is 4.79 Å². The summed E-state index contributed by atoms with van der Waals surface area (Å²) in [5.41, 5.74) is 2.18. The van der Waals surface area contributed by atoms with Crippen LogP contribution in [0.15, 0.2) is 71.9 Å². The molecular weight excluding hydrogens is 461 g/mol. The number of nitrogens with zero attached hydrogens (tertiary/aromatic N) is 1. The summed E-state index contributed by atoms with van der Waals surface area (Å²) < 4.78 is 38.8. The number of anilines is 2. The molecule has 0 aliphatic rings. The van der Waals surface area contributed by atoms with E-state index in [1.165, 1.54) is 12.1 Å². The third-order valence-electron chi connectivity index (χ3n) is 5.02. The third-order valence-corrected chi connectivity index (χ3v) is 6.21. The summed E-state index contributed by atoms with van der Waals surface area (Å²) in [6, 6.07) is 13.4. The lowest BCUT2D eigenvalue weighted by Gasteiger charge is -2.14. The number of nitrogens with one attached hydrogen (secondary N) is 3. The molecule has 0 saturated heterocycles. The van der Waals surface area contributed by atoms with Crippen molar-refractivity contribution >= 4 is 40.1 Å². The number of rotatable bonds is 7. The number of benzene rings is 2. The van der Waals surface area contributed by atoms with Gasteiger partial charge in [0, 0.05) is 57.0 Å². The van der Waals surface area contributed by atoms with E-state index < -0.39 is 17.6 Å². The van der Waals surface area contributed by atoms with Crippen molar-refractivity contribution in [2.75, 3.05) is 10.6 Å². The van der Waals surface area contributed by atoms with Gasteiger partial charge in [0.1, 0.15) is 5.65 Å². The van der Waals surface area contributed by atoms with E-state index in [9.17, 15) is 18.0 Å². The van der Waals surface area contributed by atoms with E-state index in [0.717, 1.165) is 33.6 Å². The minimum absolute atomic E-state index is 0.0828. The van der Waals surface area contributed by atoms with Gasteiger partial charge in [0.2, 0.25) is 0 Å². The number of hydrogen-bond acceptors (Lipinski definition) is 4. The molecule has 0 unspecified atom stereocenters. The number of carbonyl (C=O) groups is 1. The highest BCUT2D eigenvalue weighted by Gasteiger charge is 2.30. The Morgan fingerprint density at radius 1 is 1.09 bits per heavy atom. The van der Waals surface area contributed by atoms with Gasteiger partial charge in [0.25, 0.3) is 5.91 Å². The van der Waals surface area contributed by atoms with Crippen LogP contribution in [0.5, 0.6) is 0 Å². The average Bonchev–Trinajstić information content (AvgIpc) is 3.27. The van der Waals surface area contributed by atoms with Crippen molar-refractivity contribution in [3.8, 4) is 0 Å². The van der Waals surface area contributed by atoms with Gasteiger partial charge in [-0.05, 0) is 42.5 Å². The second-order valence-corrected chi connectivity index (χ2v) is 9.57. The van der Waals surface area contributed by atoms with Crippen molar-refractivity contribution in [3.63, 3.8) is 0 Å². The maximum atomic E-state index is 12.9. The first kappa shape index (κ1) is 23.7. The van der Waals surface area contributed by atoms with Crippen LogP contribution >= 0.6 is 11.8 Å². The Balaban J connectivity index is 1.49. The largest absolute Gasteiger partial charge is 0.416 e. The second-order valence-electron chi connectivity index (χ2n) is 7.99. The monoisotopic (exact) mass is 484 g/mol. The molecule has 2 aromatic heterocycles. The number of carbonyl (C=O) groups excluding carboxylic acids is 1. The average molecular weight is 485 g/mol. The number of alkyl halides is 3. The number of hydrogen-bond donors (Lipinski definition) is 3. The fraction of sp³-hybridized carbons (Fsp3) is 0.200. The first-order valence-corrected chi connectivity index (χ1v) is 11.5. The number of thioether (sulfide) groups is 1. The Kier molecular flexibility index (Phi) is 6.83. The van der Waals surface area contributed by atoms with E-state index in [4.69, 9.17) is 0 Å². The van der Waals surface area contributed by atoms with Crippen LogP contribution in [-0.2, 0) is 12.7 Å². The molecule has 2 aromatic carbocycles. The Morgan fingerprint density at radius 3 is 2.62 bits per heavy atom. The third kappa shape index (κ3) is 5.53. The van der Waals surface area contributed by atoms with E-state index in [2.05, 4.69) is 34.4 Å². The molecule has 9 heteroatoms. The molecule has 0 aliphatic heterocycles. The normalized spacial score (nSPS) is 11.7. The molecule has 4 aromatic rings. The number of halogens is 3. The summed E-state index contributed by atoms with van der Waals surface area (Å²) in [5, 5.41) is 7.32. The number of amides is 1. The first-order valence-electron chi connectivity index (χ1n) is 10.6. The minimum atomic E-state index is -4.48. The molecule has 5 nitrogen and oxygen atoms in total. The van der Waals surface area contributed by atoms with Crippen molar-refractivity contribution in [2.24, 2.45) is 0 Å². The highest BCUT2D eigenvalue weighted by molar-refractivity contribution is 8.00. The number of pyridine rings is 1. The standard InChI is InChI=1S/C25H23F3N4OS/c1-15(2)34-22-17(14-31-23-21(22)9-10-29-23)13-30-19-7-3-5-16(11-19)24(33)32-20-8-4-6-18(12-20)25(26,27)28/h3-12,14-15,30H,13H2,1-2H3,(H,29,31)(H,32,33). The SMILES string of the molecule is CC(C)Sc1c(CNc2cccc(C(=O)Nc3cccc(C(F)(F)F)c3)c2)cnc2[nH]ccc12. The Bertz CT molecular complexity index is 1320. The smallest absolute Gasteiger partial charge is 0.381 e. The minimum Gasteiger partial charge on any atom is -0.381 e. The van der Waals surface area contributed by atoms with Gasteiger partial charge < -0.3 is 15.6 Å². The number of aromatic nitrogens is 2. The maximum Gasteiger partial charge on any atom is 0.416 e. The molecule has 34 heavy (non-hydrogen) atoms. The van der Waals surface area contributed by atoms with Gasteiger partial charge in [-0.1, -0.05) is 26.0 Å². The van der Waals surface area contributed by atoms with Gasteiger partial charge in [0.05, 0.1) is 5.56 Å². The van der Waals surface area contributed by atoms with Crippen LogP contribution in [-0.4, -0.2) is 21.1 Å². The lowest BCUT2D eigenvalue weighted by atomic mass is 10.1. The Labute approximate surface area is 199 Å². The molecule has 0 aliphatic carbocycles. The van der Waals surface area contributed by atoms with E-state index in [1.54, 1.807) is 30.0 Å². The Hall–Kier alpha value is -3.46. The lowest BCUT2D eigenvalue weighted by molar-refractivity contribution is -0.137. The van der Waals surface area contributed by atoms with Crippen LogP contribution in [0.25, 0.3) is 11.0 Å². The van der Waals surface area contributed by atoms with Gasteiger partial charge in [-0.25, -0.2) is 4.98 Å². The first-order chi connectivity index (χ1) is 16.2. The van der Waals surface area contributed by atoms with Crippen molar-refractivity contribution < 1.29 is 18.0 Å². The van der Waals surface area contributed by atoms with Crippen molar-refractivity contribution in [3.05, 3.63) is 83.7 Å². The van der Waals surface area contributed by atoms with Crippen molar-refractivity contribution in [2.45, 2.75) is 36.7 Å². The highest BCUT2D eigenvalue weighted by Crippen LogP contribution is 2.33. The molecule has 0 spiro atoms. The van der Waals surface area contributed by atoms with E-state index in [1.807, 2.05) is 24.5 Å². The maximum absolute atomic E-state index is 12.9. The molecule has 0 bridgehead atoms. The van der Waals surface area contributed by atoms with E-state index in [0.29, 0.717) is 23.0 Å². The molecule has 0 radical (unpaired) electrons. The van der Waals surface area contributed by atoms with Gasteiger partial charge in [0.15, 0.2) is 0 Å². The predicted octanol–water partition coefficient (Wildman–Crippen LogP) is 6.95. The molecule has 2 heterocycles. The summed E-state index contributed by atoms with van der Waals surface area (Å²) in [6.07, 6.45) is -0.776. The predicted molar refractivity (Wildman–Crippen MR) is 130 cm³/mol. The zero-order chi connectivity index (χ0) is 24.3. The summed E-state index contributed by atoms with van der Waals surface area (Å²) in [5.74, 6) is -0.491. The van der Waals surface area contributed by atoms with Crippen LogP contribution in [0.1, 0.15) is 35.3 Å². The molecule has 0 saturated carbocycles. The highest BCUT2D eigenvalue weighted by atomic mass is 32.2. The van der Waals surface area contributed by atoms with Gasteiger partial charge >= 0.3 is 6.18 Å². The number of aromatic amines is 1. The fourth-order valence-corrected chi connectivity index (χ4v) is 4.51. The van der Waals surface area contributed by atoms with Crippen molar-refractivity contribution in [1.29, 1.82) is 0 Å². The second kappa shape index (κ2) is 9.80. The van der Waals surface area contributed by atoms with Crippen LogP contribution in [0.2, 0.25) is 0 Å². The fourth-order valence-electron chi connectivity index (χ4n) is 3.47. The molecule has 0 fully saturated rings. The zero-order valence-corrected chi connectivity index (χ0v) is 19.3. The lowest BCUT2D eigenvalue weighted by Crippen LogP contribution is -2.13. The number of fused-ring (bicyclic) bond motifs is 1. The molecular formula is C25H23F3N4OS. The van der Waals surface area contributed by atoms with Gasteiger partial charge in [-0.2, -0.15) is 13.2 Å². The molecule has 1 amide bonds. The summed E-state index contributed by atoms with van der Waals surface area (Å²) in [4.78, 5) is 21.4. The van der Waals surface area contributed by atoms with Crippen LogP contribution in [0, 0.1) is 0 Å². The Morgan fingerprint density at radius 2 is 1.85 bits per heavy atom. The molecule has 176 valence electrons. The molecule has 4 rings (SSSR count). The summed E-state index contributed by atoms with van der Waals surface area (Å²) in [7, 11) is 0. The zero-order valence-electron chi connectivity index (χ0n) is 18.5. The van der Waals surface area contributed by atoms with Crippen molar-refractivity contribution in [1.82, 2.24) is 9.97 Å². The van der Waals surface area contributed by atoms with E-state index >= 15 is 0 Å².